The van der Waals surface area contributed by atoms with Crippen molar-refractivity contribution in [3.05, 3.63) is 52.5 Å². The van der Waals surface area contributed by atoms with E-state index in [-0.39, 0.29) is 24.5 Å². The van der Waals surface area contributed by atoms with Crippen molar-refractivity contribution in [1.29, 1.82) is 0 Å². The highest BCUT2D eigenvalue weighted by Gasteiger charge is 2.32. The molecular weight excluding hydrogens is 414 g/mol. The van der Waals surface area contributed by atoms with Crippen LogP contribution in [0.1, 0.15) is 24.0 Å². The zero-order chi connectivity index (χ0) is 21.5. The third kappa shape index (κ3) is 6.35. The molecule has 8 heteroatoms. The van der Waals surface area contributed by atoms with Crippen molar-refractivity contribution >= 4 is 23.2 Å². The molecule has 166 valence electrons. The lowest BCUT2D eigenvalue weighted by atomic mass is 9.99. The van der Waals surface area contributed by atoms with Crippen LogP contribution in [0.2, 0.25) is 0 Å². The van der Waals surface area contributed by atoms with Gasteiger partial charge in [0, 0.05) is 45.2 Å². The van der Waals surface area contributed by atoms with Crippen molar-refractivity contribution < 1.29 is 19.1 Å². The van der Waals surface area contributed by atoms with Crippen molar-refractivity contribution in [2.24, 2.45) is 5.92 Å². The van der Waals surface area contributed by atoms with Crippen LogP contribution in [0.3, 0.4) is 0 Å². The first kappa shape index (κ1) is 21.9. The highest BCUT2D eigenvalue weighted by molar-refractivity contribution is 7.08. The smallest absolute Gasteiger partial charge is 0.242 e. The summed E-state index contributed by atoms with van der Waals surface area (Å²) < 4.78 is 11.6. The van der Waals surface area contributed by atoms with Crippen LogP contribution in [0.25, 0.3) is 0 Å². The van der Waals surface area contributed by atoms with Crippen LogP contribution in [0.5, 0.6) is 0 Å². The molecule has 0 unspecified atom stereocenters. The molecule has 1 atom stereocenters. The molecule has 4 rings (SSSR count). The van der Waals surface area contributed by atoms with Crippen LogP contribution >= 0.6 is 11.3 Å². The molecule has 0 spiro atoms. The standard InChI is InChI=1S/C23H29N3O4S/c27-22(10-19-5-9-31-17-19)26-14-21(30-16-20-2-1-6-24-11-20)13-25(23(28)15-26)12-18-3-7-29-8-4-18/h1-2,5-6,9,11,17-18,21H,3-4,7-8,10,12-16H2/t21-/m0/s1. The number of pyridine rings is 1. The Morgan fingerprint density at radius 2 is 2.10 bits per heavy atom. The number of carbonyl (C=O) groups excluding carboxylic acids is 2. The number of hydrogen-bond donors (Lipinski definition) is 0. The number of hydrogen-bond acceptors (Lipinski definition) is 6. The van der Waals surface area contributed by atoms with Gasteiger partial charge in [0.05, 0.1) is 25.7 Å². The first-order valence-electron chi connectivity index (χ1n) is 10.8. The molecule has 2 aromatic rings. The summed E-state index contributed by atoms with van der Waals surface area (Å²) >= 11 is 1.57. The second-order valence-corrected chi connectivity index (χ2v) is 9.01. The predicted molar refractivity (Wildman–Crippen MR) is 118 cm³/mol. The lowest BCUT2D eigenvalue weighted by Crippen LogP contribution is -2.42. The van der Waals surface area contributed by atoms with Gasteiger partial charge in [0.2, 0.25) is 11.8 Å². The van der Waals surface area contributed by atoms with Crippen molar-refractivity contribution in [3.8, 4) is 0 Å². The average Bonchev–Trinajstić information content (AvgIpc) is 3.25. The molecule has 0 N–H and O–H groups in total. The van der Waals surface area contributed by atoms with Crippen LogP contribution in [0.15, 0.2) is 41.4 Å². The molecule has 2 amide bonds. The van der Waals surface area contributed by atoms with Crippen LogP contribution < -0.4 is 0 Å². The van der Waals surface area contributed by atoms with E-state index < -0.39 is 0 Å². The van der Waals surface area contributed by atoms with Gasteiger partial charge in [-0.25, -0.2) is 0 Å². The van der Waals surface area contributed by atoms with Gasteiger partial charge in [-0.1, -0.05) is 6.07 Å². The van der Waals surface area contributed by atoms with Gasteiger partial charge in [-0.3, -0.25) is 14.6 Å². The lowest BCUT2D eigenvalue weighted by Gasteiger charge is -2.30. The molecule has 2 aliphatic rings. The first-order valence-corrected chi connectivity index (χ1v) is 11.8. The second kappa shape index (κ2) is 10.8. The van der Waals surface area contributed by atoms with E-state index in [1.807, 2.05) is 33.9 Å². The summed E-state index contributed by atoms with van der Waals surface area (Å²) in [6, 6.07) is 5.80. The molecule has 2 aromatic heterocycles. The molecule has 0 aliphatic carbocycles. The van der Waals surface area contributed by atoms with E-state index in [0.717, 1.165) is 37.2 Å². The minimum absolute atomic E-state index is 0.00219. The Balaban J connectivity index is 1.44. The van der Waals surface area contributed by atoms with Crippen LogP contribution in [-0.4, -0.2) is 72.1 Å². The van der Waals surface area contributed by atoms with E-state index in [9.17, 15) is 9.59 Å². The topological polar surface area (TPSA) is 72.0 Å². The summed E-state index contributed by atoms with van der Waals surface area (Å²) in [5.41, 5.74) is 1.96. The number of amides is 2. The number of carbonyl (C=O) groups is 2. The normalized spacial score (nSPS) is 20.6. The van der Waals surface area contributed by atoms with Crippen LogP contribution in [0.4, 0.5) is 0 Å². The Hall–Kier alpha value is -2.29. The third-order valence-corrected chi connectivity index (χ3v) is 6.58. The van der Waals surface area contributed by atoms with E-state index in [0.29, 0.717) is 38.6 Å². The number of aromatic nitrogens is 1. The fraction of sp³-hybridized carbons (Fsp3) is 0.522. The summed E-state index contributed by atoms with van der Waals surface area (Å²) in [5.74, 6) is 0.400. The minimum atomic E-state index is -0.238. The predicted octanol–water partition coefficient (Wildman–Crippen LogP) is 2.37. The number of rotatable bonds is 7. The van der Waals surface area contributed by atoms with Crippen molar-refractivity contribution in [2.45, 2.75) is 32.0 Å². The Morgan fingerprint density at radius 1 is 1.23 bits per heavy atom. The fourth-order valence-corrected chi connectivity index (χ4v) is 4.74. The molecule has 0 aromatic carbocycles. The maximum atomic E-state index is 13.1. The van der Waals surface area contributed by atoms with Crippen LogP contribution in [-0.2, 0) is 32.1 Å². The molecule has 0 bridgehead atoms. The Bertz CT molecular complexity index is 840. The first-order chi connectivity index (χ1) is 15.2. The van der Waals surface area contributed by atoms with E-state index >= 15 is 0 Å². The summed E-state index contributed by atoms with van der Waals surface area (Å²) in [6.45, 7) is 3.63. The van der Waals surface area contributed by atoms with E-state index in [1.165, 1.54) is 0 Å². The van der Waals surface area contributed by atoms with Gasteiger partial charge < -0.3 is 19.3 Å². The Kier molecular flexibility index (Phi) is 7.66. The average molecular weight is 444 g/mol. The molecule has 0 radical (unpaired) electrons. The third-order valence-electron chi connectivity index (χ3n) is 5.84. The summed E-state index contributed by atoms with van der Waals surface area (Å²) in [4.78, 5) is 33.7. The highest BCUT2D eigenvalue weighted by atomic mass is 32.1. The van der Waals surface area contributed by atoms with Gasteiger partial charge in [-0.05, 0) is 52.8 Å². The van der Waals surface area contributed by atoms with E-state index in [1.54, 1.807) is 28.6 Å². The molecular formula is C23H29N3O4S. The largest absolute Gasteiger partial charge is 0.381 e. The minimum Gasteiger partial charge on any atom is -0.381 e. The van der Waals surface area contributed by atoms with Crippen molar-refractivity contribution in [1.82, 2.24) is 14.8 Å². The maximum Gasteiger partial charge on any atom is 0.242 e. The summed E-state index contributed by atoms with van der Waals surface area (Å²) in [7, 11) is 0. The molecule has 2 fully saturated rings. The zero-order valence-electron chi connectivity index (χ0n) is 17.7. The molecule has 2 saturated heterocycles. The molecule has 2 aliphatic heterocycles. The second-order valence-electron chi connectivity index (χ2n) is 8.23. The summed E-state index contributed by atoms with van der Waals surface area (Å²) in [6.07, 6.45) is 5.51. The number of ether oxygens (including phenoxy) is 2. The Labute approximate surface area is 187 Å². The lowest BCUT2D eigenvalue weighted by molar-refractivity contribution is -0.138. The molecule has 4 heterocycles. The number of thiophene rings is 1. The number of nitrogens with zero attached hydrogens (tertiary/aromatic N) is 3. The van der Waals surface area contributed by atoms with E-state index in [2.05, 4.69) is 4.98 Å². The SMILES string of the molecule is O=C(Cc1ccsc1)N1CC(=O)N(CC2CCOCC2)C[C@H](OCc2cccnc2)C1. The molecule has 7 nitrogen and oxygen atoms in total. The van der Waals surface area contributed by atoms with Gasteiger partial charge in [0.15, 0.2) is 0 Å². The van der Waals surface area contributed by atoms with Gasteiger partial charge in [0.1, 0.15) is 0 Å². The van der Waals surface area contributed by atoms with Crippen molar-refractivity contribution in [3.63, 3.8) is 0 Å². The zero-order valence-corrected chi connectivity index (χ0v) is 18.5. The van der Waals surface area contributed by atoms with Gasteiger partial charge in [0.25, 0.3) is 0 Å². The molecule has 31 heavy (non-hydrogen) atoms. The summed E-state index contributed by atoms with van der Waals surface area (Å²) in [5, 5.41) is 3.94. The quantitative estimate of drug-likeness (QED) is 0.657. The maximum absolute atomic E-state index is 13.1. The van der Waals surface area contributed by atoms with E-state index in [4.69, 9.17) is 9.47 Å². The van der Waals surface area contributed by atoms with Gasteiger partial charge in [-0.15, -0.1) is 0 Å². The fourth-order valence-electron chi connectivity index (χ4n) is 4.07. The van der Waals surface area contributed by atoms with Gasteiger partial charge >= 0.3 is 0 Å². The van der Waals surface area contributed by atoms with Crippen LogP contribution in [0, 0.1) is 5.92 Å². The monoisotopic (exact) mass is 443 g/mol. The Morgan fingerprint density at radius 3 is 2.84 bits per heavy atom. The highest BCUT2D eigenvalue weighted by Crippen LogP contribution is 2.19. The van der Waals surface area contributed by atoms with Crippen molar-refractivity contribution in [2.75, 3.05) is 39.4 Å². The van der Waals surface area contributed by atoms with Gasteiger partial charge in [-0.2, -0.15) is 11.3 Å². The molecule has 0 saturated carbocycles.